The Bertz CT molecular complexity index is 622. The maximum absolute atomic E-state index is 8.96. The minimum Gasteiger partial charge on any atom is -0.409 e. The van der Waals surface area contributed by atoms with Gasteiger partial charge in [0.2, 0.25) is 0 Å². The van der Waals surface area contributed by atoms with Crippen LogP contribution >= 0.6 is 11.3 Å². The van der Waals surface area contributed by atoms with Gasteiger partial charge in [-0.2, -0.15) is 11.3 Å². The lowest BCUT2D eigenvalue weighted by Crippen LogP contribution is -2.25. The highest BCUT2D eigenvalue weighted by Crippen LogP contribution is 2.23. The Hall–Kier alpha value is -2.08. The molecule has 0 fully saturated rings. The molecule has 0 unspecified atom stereocenters. The maximum Gasteiger partial charge on any atom is 0.174 e. The molecule has 0 bridgehead atoms. The first-order chi connectivity index (χ1) is 9.52. The molecule has 0 saturated heterocycles. The van der Waals surface area contributed by atoms with Crippen LogP contribution in [0, 0.1) is 13.8 Å². The lowest BCUT2D eigenvalue weighted by Gasteiger charge is -2.22. The highest BCUT2D eigenvalue weighted by atomic mass is 32.1. The Labute approximate surface area is 122 Å². The van der Waals surface area contributed by atoms with Crippen molar-refractivity contribution in [2.75, 3.05) is 11.9 Å². The zero-order valence-electron chi connectivity index (χ0n) is 11.8. The molecule has 2 aromatic rings. The Kier molecular flexibility index (Phi) is 4.24. The Morgan fingerprint density at radius 2 is 2.25 bits per heavy atom. The molecule has 0 spiro atoms. The number of aryl methyl sites for hydroxylation is 2. The molecule has 2 heterocycles. The quantitative estimate of drug-likeness (QED) is 0.392. The fourth-order valence-electron chi connectivity index (χ4n) is 2.19. The number of pyridine rings is 1. The highest BCUT2D eigenvalue weighted by molar-refractivity contribution is 7.07. The first kappa shape index (κ1) is 14.3. The van der Waals surface area contributed by atoms with Gasteiger partial charge in [0.25, 0.3) is 0 Å². The molecule has 0 aliphatic rings. The third kappa shape index (κ3) is 2.91. The summed E-state index contributed by atoms with van der Waals surface area (Å²) in [6, 6.07) is 4.00. The molecular formula is C14H18N4OS. The standard InChI is InChI=1S/C14H18N4OS/c1-9-6-10(2)16-14(12(9)13(15)17-19)18(3)7-11-4-5-20-8-11/h4-6,8,19H,7H2,1-3H3,(H2,15,17). The molecule has 0 aromatic carbocycles. The van der Waals surface area contributed by atoms with Crippen LogP contribution in [-0.4, -0.2) is 23.1 Å². The topological polar surface area (TPSA) is 74.7 Å². The van der Waals surface area contributed by atoms with Crippen molar-refractivity contribution in [3.8, 4) is 0 Å². The highest BCUT2D eigenvalue weighted by Gasteiger charge is 2.16. The normalized spacial score (nSPS) is 11.7. The van der Waals surface area contributed by atoms with E-state index in [0.29, 0.717) is 5.56 Å². The Balaban J connectivity index is 2.43. The van der Waals surface area contributed by atoms with Crippen LogP contribution in [0.25, 0.3) is 0 Å². The summed E-state index contributed by atoms with van der Waals surface area (Å²) in [5, 5.41) is 16.2. The van der Waals surface area contributed by atoms with Crippen LogP contribution in [-0.2, 0) is 6.54 Å². The fraction of sp³-hybridized carbons (Fsp3) is 0.286. The van der Waals surface area contributed by atoms with Gasteiger partial charge in [-0.15, -0.1) is 0 Å². The van der Waals surface area contributed by atoms with Gasteiger partial charge >= 0.3 is 0 Å². The summed E-state index contributed by atoms with van der Waals surface area (Å²) < 4.78 is 0. The van der Waals surface area contributed by atoms with Crippen LogP contribution in [0.15, 0.2) is 28.0 Å². The van der Waals surface area contributed by atoms with Crippen LogP contribution in [0.4, 0.5) is 5.82 Å². The molecule has 20 heavy (non-hydrogen) atoms. The molecule has 3 N–H and O–H groups in total. The van der Waals surface area contributed by atoms with Crippen molar-refractivity contribution >= 4 is 23.0 Å². The van der Waals surface area contributed by atoms with E-state index in [1.807, 2.05) is 37.2 Å². The van der Waals surface area contributed by atoms with Crippen molar-refractivity contribution < 1.29 is 5.21 Å². The average Bonchev–Trinajstić information content (AvgIpc) is 2.89. The van der Waals surface area contributed by atoms with Gasteiger partial charge in [-0.25, -0.2) is 4.98 Å². The summed E-state index contributed by atoms with van der Waals surface area (Å²) in [5.74, 6) is 0.811. The summed E-state index contributed by atoms with van der Waals surface area (Å²) in [6.07, 6.45) is 0. The van der Waals surface area contributed by atoms with Gasteiger partial charge in [-0.3, -0.25) is 0 Å². The minimum atomic E-state index is 0.0853. The average molecular weight is 290 g/mol. The molecule has 106 valence electrons. The Morgan fingerprint density at radius 3 is 2.85 bits per heavy atom. The number of nitrogens with zero attached hydrogens (tertiary/aromatic N) is 3. The number of oxime groups is 1. The lowest BCUT2D eigenvalue weighted by atomic mass is 10.1. The summed E-state index contributed by atoms with van der Waals surface area (Å²) >= 11 is 1.66. The van der Waals surface area contributed by atoms with E-state index in [2.05, 4.69) is 21.6 Å². The minimum absolute atomic E-state index is 0.0853. The van der Waals surface area contributed by atoms with Crippen molar-refractivity contribution in [1.82, 2.24) is 4.98 Å². The second kappa shape index (κ2) is 5.92. The molecule has 2 aromatic heterocycles. The van der Waals surface area contributed by atoms with E-state index in [9.17, 15) is 0 Å². The molecule has 0 aliphatic heterocycles. The van der Waals surface area contributed by atoms with Gasteiger partial charge in [-0.1, -0.05) is 5.16 Å². The number of rotatable bonds is 4. The van der Waals surface area contributed by atoms with Crippen molar-refractivity contribution in [1.29, 1.82) is 0 Å². The van der Waals surface area contributed by atoms with E-state index in [1.165, 1.54) is 5.56 Å². The third-order valence-corrected chi connectivity index (χ3v) is 3.78. The molecule has 0 saturated carbocycles. The van der Waals surface area contributed by atoms with Gasteiger partial charge in [0, 0.05) is 19.3 Å². The predicted octanol–water partition coefficient (Wildman–Crippen LogP) is 2.49. The summed E-state index contributed by atoms with van der Waals surface area (Å²) in [6.45, 7) is 4.60. The molecule has 2 rings (SSSR count). The number of hydrogen-bond donors (Lipinski definition) is 2. The van der Waals surface area contributed by atoms with Crippen molar-refractivity contribution in [3.63, 3.8) is 0 Å². The van der Waals surface area contributed by atoms with Crippen LogP contribution < -0.4 is 10.6 Å². The maximum atomic E-state index is 8.96. The number of thiophene rings is 1. The lowest BCUT2D eigenvalue weighted by molar-refractivity contribution is 0.318. The second-order valence-electron chi connectivity index (χ2n) is 4.75. The molecular weight excluding hydrogens is 272 g/mol. The monoisotopic (exact) mass is 290 g/mol. The largest absolute Gasteiger partial charge is 0.409 e. The summed E-state index contributed by atoms with van der Waals surface area (Å²) in [5.41, 5.74) is 9.53. The van der Waals surface area contributed by atoms with Crippen LogP contribution in [0.2, 0.25) is 0 Å². The fourth-order valence-corrected chi connectivity index (χ4v) is 2.85. The zero-order chi connectivity index (χ0) is 14.7. The van der Waals surface area contributed by atoms with Gasteiger partial charge in [0.15, 0.2) is 5.84 Å². The van der Waals surface area contributed by atoms with Gasteiger partial charge < -0.3 is 15.8 Å². The van der Waals surface area contributed by atoms with E-state index in [0.717, 1.165) is 23.6 Å². The van der Waals surface area contributed by atoms with Gasteiger partial charge in [-0.05, 0) is 47.9 Å². The van der Waals surface area contributed by atoms with E-state index >= 15 is 0 Å². The summed E-state index contributed by atoms with van der Waals surface area (Å²) in [7, 11) is 1.95. The molecule has 0 amide bonds. The third-order valence-electron chi connectivity index (χ3n) is 3.05. The first-order valence-electron chi connectivity index (χ1n) is 6.21. The van der Waals surface area contributed by atoms with E-state index in [-0.39, 0.29) is 5.84 Å². The number of amidine groups is 1. The number of anilines is 1. The molecule has 5 nitrogen and oxygen atoms in total. The number of nitrogens with two attached hydrogens (primary N) is 1. The summed E-state index contributed by atoms with van der Waals surface area (Å²) in [4.78, 5) is 6.55. The van der Waals surface area contributed by atoms with Crippen molar-refractivity contribution in [2.45, 2.75) is 20.4 Å². The molecule has 6 heteroatoms. The number of aromatic nitrogens is 1. The first-order valence-corrected chi connectivity index (χ1v) is 7.15. The van der Waals surface area contributed by atoms with Crippen molar-refractivity contribution in [2.24, 2.45) is 10.9 Å². The zero-order valence-corrected chi connectivity index (χ0v) is 12.6. The van der Waals surface area contributed by atoms with Gasteiger partial charge in [0.1, 0.15) is 5.82 Å². The Morgan fingerprint density at radius 1 is 1.50 bits per heavy atom. The molecule has 0 atom stereocenters. The van der Waals surface area contributed by atoms with Crippen LogP contribution in [0.5, 0.6) is 0 Å². The van der Waals surface area contributed by atoms with E-state index in [1.54, 1.807) is 11.3 Å². The van der Waals surface area contributed by atoms with E-state index in [4.69, 9.17) is 10.9 Å². The molecule has 0 radical (unpaired) electrons. The van der Waals surface area contributed by atoms with Gasteiger partial charge in [0.05, 0.1) is 5.56 Å². The number of hydrogen-bond acceptors (Lipinski definition) is 5. The molecule has 0 aliphatic carbocycles. The van der Waals surface area contributed by atoms with Crippen molar-refractivity contribution in [3.05, 3.63) is 45.3 Å². The van der Waals surface area contributed by atoms with Crippen LogP contribution in [0.3, 0.4) is 0 Å². The smallest absolute Gasteiger partial charge is 0.174 e. The predicted molar refractivity (Wildman–Crippen MR) is 82.6 cm³/mol. The van der Waals surface area contributed by atoms with Crippen LogP contribution in [0.1, 0.15) is 22.4 Å². The van der Waals surface area contributed by atoms with E-state index < -0.39 is 0 Å². The second-order valence-corrected chi connectivity index (χ2v) is 5.53. The SMILES string of the molecule is Cc1cc(C)c(/C(N)=N/O)c(N(C)Cc2ccsc2)n1.